The molecule has 0 spiro atoms. The molecule has 0 bridgehead atoms. The second-order valence-electron chi connectivity index (χ2n) is 8.29. The predicted octanol–water partition coefficient (Wildman–Crippen LogP) is 4.87. The van der Waals surface area contributed by atoms with Gasteiger partial charge in [-0.25, -0.2) is 16.8 Å². The summed E-state index contributed by atoms with van der Waals surface area (Å²) >= 11 is 0. The molecule has 0 aromatic heterocycles. The minimum Gasteiger partial charge on any atom is -0.322 e. The van der Waals surface area contributed by atoms with Gasteiger partial charge >= 0.3 is 0 Å². The van der Waals surface area contributed by atoms with Crippen LogP contribution in [0.5, 0.6) is 0 Å². The van der Waals surface area contributed by atoms with Crippen molar-refractivity contribution in [3.05, 3.63) is 114 Å². The second kappa shape index (κ2) is 10.5. The summed E-state index contributed by atoms with van der Waals surface area (Å²) < 4.78 is 54.6. The van der Waals surface area contributed by atoms with Gasteiger partial charge in [-0.15, -0.1) is 0 Å². The molecule has 0 aliphatic rings. The molecule has 2 N–H and O–H groups in total. The van der Waals surface area contributed by atoms with Gasteiger partial charge < -0.3 is 5.32 Å². The van der Waals surface area contributed by atoms with Crippen molar-refractivity contribution < 1.29 is 21.6 Å². The van der Waals surface area contributed by atoms with Gasteiger partial charge in [-0.1, -0.05) is 30.3 Å². The quantitative estimate of drug-likeness (QED) is 0.334. The summed E-state index contributed by atoms with van der Waals surface area (Å²) in [5.74, 6) is -0.423. The summed E-state index contributed by atoms with van der Waals surface area (Å²) in [5, 5.41) is 2.71. The monoisotopic (exact) mass is 535 g/mol. The first-order chi connectivity index (χ1) is 17.6. The lowest BCUT2D eigenvalue weighted by molar-refractivity contribution is 0.102. The summed E-state index contributed by atoms with van der Waals surface area (Å²) in [5.41, 5.74) is 2.51. The number of sulfonamides is 2. The molecule has 4 aromatic rings. The summed E-state index contributed by atoms with van der Waals surface area (Å²) in [6.45, 7) is 1.87. The Balaban J connectivity index is 1.43. The van der Waals surface area contributed by atoms with E-state index in [1.807, 2.05) is 13.0 Å². The van der Waals surface area contributed by atoms with Gasteiger partial charge in [0.15, 0.2) is 0 Å². The number of rotatable bonds is 8. The molecule has 0 saturated heterocycles. The van der Waals surface area contributed by atoms with Gasteiger partial charge in [-0.3, -0.25) is 13.8 Å². The van der Waals surface area contributed by atoms with Crippen LogP contribution in [0.4, 0.5) is 17.1 Å². The van der Waals surface area contributed by atoms with Crippen LogP contribution in [0.1, 0.15) is 15.9 Å². The molecule has 0 heterocycles. The maximum atomic E-state index is 12.8. The fraction of sp³-hybridized carbons (Fsp3) is 0.0741. The van der Waals surface area contributed by atoms with Crippen molar-refractivity contribution in [2.75, 3.05) is 21.4 Å². The smallest absolute Gasteiger partial charge is 0.264 e. The number of hydrogen-bond acceptors (Lipinski definition) is 5. The number of nitrogens with one attached hydrogen (secondary N) is 2. The highest BCUT2D eigenvalue weighted by Gasteiger charge is 2.21. The van der Waals surface area contributed by atoms with Gasteiger partial charge in [0, 0.05) is 24.0 Å². The van der Waals surface area contributed by atoms with Crippen LogP contribution >= 0.6 is 0 Å². The van der Waals surface area contributed by atoms with Crippen LogP contribution in [0.2, 0.25) is 0 Å². The molecule has 190 valence electrons. The fourth-order valence-electron chi connectivity index (χ4n) is 3.56. The number of carbonyl (C=O) groups excluding carboxylic acids is 1. The van der Waals surface area contributed by atoms with Crippen LogP contribution in [-0.2, 0) is 20.0 Å². The van der Waals surface area contributed by atoms with Crippen molar-refractivity contribution in [3.8, 4) is 0 Å². The Bertz CT molecular complexity index is 1620. The lowest BCUT2D eigenvalue weighted by atomic mass is 10.2. The molecular formula is C27H25N3O5S2. The van der Waals surface area contributed by atoms with Crippen molar-refractivity contribution in [2.24, 2.45) is 0 Å². The van der Waals surface area contributed by atoms with E-state index >= 15 is 0 Å². The normalized spacial score (nSPS) is 11.5. The average Bonchev–Trinajstić information content (AvgIpc) is 2.89. The Morgan fingerprint density at radius 1 is 0.703 bits per heavy atom. The molecular weight excluding hydrogens is 510 g/mol. The van der Waals surface area contributed by atoms with Crippen LogP contribution in [0.15, 0.2) is 113 Å². The molecule has 0 saturated carbocycles. The topological polar surface area (TPSA) is 113 Å². The second-order valence-corrected chi connectivity index (χ2v) is 11.9. The summed E-state index contributed by atoms with van der Waals surface area (Å²) in [6.07, 6.45) is 0. The first-order valence-electron chi connectivity index (χ1n) is 11.2. The lowest BCUT2D eigenvalue weighted by Crippen LogP contribution is -2.26. The highest BCUT2D eigenvalue weighted by molar-refractivity contribution is 7.93. The van der Waals surface area contributed by atoms with E-state index in [4.69, 9.17) is 0 Å². The number of anilines is 3. The molecule has 4 aromatic carbocycles. The van der Waals surface area contributed by atoms with Crippen LogP contribution in [0, 0.1) is 6.92 Å². The molecule has 0 fully saturated rings. The Morgan fingerprint density at radius 3 is 1.97 bits per heavy atom. The van der Waals surface area contributed by atoms with E-state index in [1.54, 1.807) is 48.5 Å². The van der Waals surface area contributed by atoms with Crippen molar-refractivity contribution in [2.45, 2.75) is 16.7 Å². The van der Waals surface area contributed by atoms with E-state index in [1.165, 1.54) is 55.6 Å². The molecule has 10 heteroatoms. The third-order valence-electron chi connectivity index (χ3n) is 5.59. The van der Waals surface area contributed by atoms with Crippen LogP contribution in [0.25, 0.3) is 0 Å². The average molecular weight is 536 g/mol. The molecule has 0 aliphatic heterocycles. The van der Waals surface area contributed by atoms with E-state index in [9.17, 15) is 21.6 Å². The standard InChI is InChI=1S/C27H25N3O5S2/c1-20-7-6-8-23(19-20)29-36(32,33)25-17-13-22(14-18-25)28-27(31)21-11-15-24(16-12-21)30(2)37(34,35)26-9-4-3-5-10-26/h3-19,29H,1-2H3,(H,28,31). The number of hydrogen-bond donors (Lipinski definition) is 2. The minimum absolute atomic E-state index is 0.0546. The van der Waals surface area contributed by atoms with Gasteiger partial charge in [0.05, 0.1) is 15.5 Å². The Hall–Kier alpha value is -4.15. The molecule has 4 rings (SSSR count). The Morgan fingerprint density at radius 2 is 1.35 bits per heavy atom. The number of nitrogens with zero attached hydrogens (tertiary/aromatic N) is 1. The molecule has 37 heavy (non-hydrogen) atoms. The number of carbonyl (C=O) groups is 1. The molecule has 1 amide bonds. The number of amides is 1. The molecule has 0 radical (unpaired) electrons. The zero-order chi connectivity index (χ0) is 26.6. The first-order valence-corrected chi connectivity index (χ1v) is 14.1. The van der Waals surface area contributed by atoms with Crippen molar-refractivity contribution in [1.82, 2.24) is 0 Å². The summed E-state index contributed by atoms with van der Waals surface area (Å²) in [6, 6.07) is 27.0. The molecule has 8 nitrogen and oxygen atoms in total. The molecule has 0 aliphatic carbocycles. The maximum absolute atomic E-state index is 12.8. The zero-order valence-corrected chi connectivity index (χ0v) is 21.8. The molecule has 0 atom stereocenters. The highest BCUT2D eigenvalue weighted by atomic mass is 32.2. The first kappa shape index (κ1) is 25.9. The largest absolute Gasteiger partial charge is 0.322 e. The van der Waals surface area contributed by atoms with E-state index in [0.717, 1.165) is 9.87 Å². The van der Waals surface area contributed by atoms with Crippen LogP contribution in [0.3, 0.4) is 0 Å². The van der Waals surface area contributed by atoms with Crippen molar-refractivity contribution in [3.63, 3.8) is 0 Å². The Labute approximate surface area is 216 Å². The zero-order valence-electron chi connectivity index (χ0n) is 20.1. The summed E-state index contributed by atoms with van der Waals surface area (Å²) in [7, 11) is -6.08. The highest BCUT2D eigenvalue weighted by Crippen LogP contribution is 2.23. The van der Waals surface area contributed by atoms with Crippen LogP contribution < -0.4 is 14.3 Å². The van der Waals surface area contributed by atoms with Gasteiger partial charge in [0.1, 0.15) is 0 Å². The van der Waals surface area contributed by atoms with Gasteiger partial charge in [-0.05, 0) is 85.3 Å². The third kappa shape index (κ3) is 5.99. The maximum Gasteiger partial charge on any atom is 0.264 e. The molecule has 0 unspecified atom stereocenters. The van der Waals surface area contributed by atoms with E-state index in [-0.39, 0.29) is 9.79 Å². The van der Waals surface area contributed by atoms with E-state index in [2.05, 4.69) is 10.0 Å². The van der Waals surface area contributed by atoms with Gasteiger partial charge in [-0.2, -0.15) is 0 Å². The van der Waals surface area contributed by atoms with Crippen molar-refractivity contribution in [1.29, 1.82) is 0 Å². The van der Waals surface area contributed by atoms with Gasteiger partial charge in [0.2, 0.25) is 0 Å². The predicted molar refractivity (Wildman–Crippen MR) is 145 cm³/mol. The van der Waals surface area contributed by atoms with E-state index in [0.29, 0.717) is 22.6 Å². The van der Waals surface area contributed by atoms with E-state index < -0.39 is 26.0 Å². The fourth-order valence-corrected chi connectivity index (χ4v) is 5.82. The Kier molecular flexibility index (Phi) is 7.33. The summed E-state index contributed by atoms with van der Waals surface area (Å²) in [4.78, 5) is 12.9. The third-order valence-corrected chi connectivity index (χ3v) is 8.78. The number of aryl methyl sites for hydroxylation is 1. The van der Waals surface area contributed by atoms with Crippen LogP contribution in [-0.4, -0.2) is 29.8 Å². The van der Waals surface area contributed by atoms with Crippen molar-refractivity contribution >= 4 is 43.0 Å². The lowest BCUT2D eigenvalue weighted by Gasteiger charge is -2.19. The SMILES string of the molecule is Cc1cccc(NS(=O)(=O)c2ccc(NC(=O)c3ccc(N(C)S(=O)(=O)c4ccccc4)cc3)cc2)c1. The minimum atomic E-state index is -3.79. The van der Waals surface area contributed by atoms with Gasteiger partial charge in [0.25, 0.3) is 26.0 Å². The number of benzene rings is 4.